The number of amides is 1. The number of hydrogen-bond acceptors (Lipinski definition) is 6. The second kappa shape index (κ2) is 6.80. The minimum atomic E-state index is 0.0144. The molecule has 8 heteroatoms. The Balaban J connectivity index is 1.37. The number of anilines is 1. The second-order valence-electron chi connectivity index (χ2n) is 7.55. The average Bonchev–Trinajstić information content (AvgIpc) is 3.43. The highest BCUT2D eigenvalue weighted by Gasteiger charge is 2.37. The van der Waals surface area contributed by atoms with Crippen molar-refractivity contribution in [2.45, 2.75) is 13.8 Å². The zero-order chi connectivity index (χ0) is 20.0. The van der Waals surface area contributed by atoms with Crippen molar-refractivity contribution in [1.29, 1.82) is 0 Å². The first-order valence-electron chi connectivity index (χ1n) is 9.61. The number of aryl methyl sites for hydroxylation is 2. The maximum Gasteiger partial charge on any atom is 0.256 e. The summed E-state index contributed by atoms with van der Waals surface area (Å²) in [6.07, 6.45) is 5.18. The van der Waals surface area contributed by atoms with Gasteiger partial charge in [0.2, 0.25) is 5.95 Å². The Hall–Kier alpha value is -3.55. The molecule has 0 radical (unpaired) electrons. The zero-order valence-electron chi connectivity index (χ0n) is 16.4. The molecule has 1 saturated heterocycles. The Labute approximate surface area is 168 Å². The molecule has 5 rings (SSSR count). The van der Waals surface area contributed by atoms with Crippen molar-refractivity contribution >= 4 is 11.9 Å². The quantitative estimate of drug-likeness (QED) is 0.685. The van der Waals surface area contributed by atoms with E-state index in [0.717, 1.165) is 29.6 Å². The summed E-state index contributed by atoms with van der Waals surface area (Å²) in [6.45, 7) is 6.07. The minimum absolute atomic E-state index is 0.0144. The van der Waals surface area contributed by atoms with Gasteiger partial charge in [-0.1, -0.05) is 12.1 Å². The molecule has 3 aromatic rings. The van der Waals surface area contributed by atoms with Gasteiger partial charge in [-0.3, -0.25) is 4.79 Å². The summed E-state index contributed by atoms with van der Waals surface area (Å²) in [7, 11) is 0. The number of likely N-dealkylation sites (tertiary alicyclic amines) is 1. The molecule has 2 aliphatic rings. The fourth-order valence-corrected chi connectivity index (χ4v) is 4.10. The number of carbonyl (C=O) groups excluding carboxylic acids is 1. The predicted octanol–water partition coefficient (Wildman–Crippen LogP) is 2.15. The standard InChI is InChI=1S/C21H21N7O/c1-14-7-15(2)25-21(24-14)27-10-16-8-26(9-17(16)11-27)20(29)18-5-3-4-6-19(18)28-13-22-12-23-28/h3-7,10,12-13,17H,8-9,11H2,1-2H3. The number of rotatable bonds is 3. The molecule has 2 aromatic heterocycles. The van der Waals surface area contributed by atoms with Gasteiger partial charge >= 0.3 is 0 Å². The van der Waals surface area contributed by atoms with Crippen LogP contribution in [0.3, 0.4) is 0 Å². The lowest BCUT2D eigenvalue weighted by Gasteiger charge is -2.21. The van der Waals surface area contributed by atoms with Gasteiger partial charge in [0.25, 0.3) is 5.91 Å². The molecule has 1 atom stereocenters. The molecule has 0 aliphatic carbocycles. The fraction of sp³-hybridized carbons (Fsp3) is 0.286. The van der Waals surface area contributed by atoms with Gasteiger partial charge in [-0.05, 0) is 37.6 Å². The molecule has 1 amide bonds. The van der Waals surface area contributed by atoms with Gasteiger partial charge < -0.3 is 9.80 Å². The average molecular weight is 387 g/mol. The fourth-order valence-electron chi connectivity index (χ4n) is 4.10. The van der Waals surface area contributed by atoms with Crippen LogP contribution in [0.1, 0.15) is 21.7 Å². The third-order valence-corrected chi connectivity index (χ3v) is 5.39. The third-order valence-electron chi connectivity index (χ3n) is 5.39. The first kappa shape index (κ1) is 17.5. The van der Waals surface area contributed by atoms with Crippen molar-refractivity contribution in [3.05, 3.63) is 71.7 Å². The highest BCUT2D eigenvalue weighted by atomic mass is 16.2. The minimum Gasteiger partial charge on any atom is -0.334 e. The van der Waals surface area contributed by atoms with Crippen LogP contribution in [0.15, 0.2) is 54.8 Å². The maximum absolute atomic E-state index is 13.2. The molecular weight excluding hydrogens is 366 g/mol. The van der Waals surface area contributed by atoms with Crippen LogP contribution < -0.4 is 4.90 Å². The summed E-state index contributed by atoms with van der Waals surface area (Å²) < 4.78 is 1.63. The van der Waals surface area contributed by atoms with Crippen molar-refractivity contribution in [3.63, 3.8) is 0 Å². The monoisotopic (exact) mass is 387 g/mol. The van der Waals surface area contributed by atoms with Crippen molar-refractivity contribution in [3.8, 4) is 5.69 Å². The molecule has 146 valence electrons. The van der Waals surface area contributed by atoms with E-state index < -0.39 is 0 Å². The van der Waals surface area contributed by atoms with Crippen molar-refractivity contribution < 1.29 is 4.79 Å². The molecule has 8 nitrogen and oxygen atoms in total. The largest absolute Gasteiger partial charge is 0.334 e. The van der Waals surface area contributed by atoms with Crippen LogP contribution in [0.4, 0.5) is 5.95 Å². The lowest BCUT2D eigenvalue weighted by Crippen LogP contribution is -2.32. The number of fused-ring (bicyclic) bond motifs is 1. The normalized spacial score (nSPS) is 18.1. The first-order valence-corrected chi connectivity index (χ1v) is 9.61. The van der Waals surface area contributed by atoms with Crippen LogP contribution in [0.2, 0.25) is 0 Å². The number of benzene rings is 1. The van der Waals surface area contributed by atoms with Crippen LogP contribution in [0.25, 0.3) is 5.69 Å². The molecule has 4 heterocycles. The van der Waals surface area contributed by atoms with Crippen molar-refractivity contribution in [1.82, 2.24) is 29.6 Å². The highest BCUT2D eigenvalue weighted by Crippen LogP contribution is 2.32. The lowest BCUT2D eigenvalue weighted by molar-refractivity contribution is 0.0789. The van der Waals surface area contributed by atoms with Gasteiger partial charge in [-0.25, -0.2) is 19.6 Å². The van der Waals surface area contributed by atoms with Gasteiger partial charge in [-0.15, -0.1) is 0 Å². The molecular formula is C21H21N7O. The van der Waals surface area contributed by atoms with Crippen molar-refractivity contribution in [2.75, 3.05) is 24.5 Å². The van der Waals surface area contributed by atoms with E-state index in [1.165, 1.54) is 11.9 Å². The van der Waals surface area contributed by atoms with E-state index >= 15 is 0 Å². The number of hydrogen-bond donors (Lipinski definition) is 0. The van der Waals surface area contributed by atoms with Crippen LogP contribution in [-0.4, -0.2) is 55.2 Å². The Kier molecular flexibility index (Phi) is 4.12. The Bertz CT molecular complexity index is 1090. The number of nitrogens with zero attached hydrogens (tertiary/aromatic N) is 7. The molecule has 2 aliphatic heterocycles. The number of para-hydroxylation sites is 1. The van der Waals surface area contributed by atoms with E-state index in [4.69, 9.17) is 0 Å². The van der Waals surface area contributed by atoms with Crippen molar-refractivity contribution in [2.24, 2.45) is 5.92 Å². The SMILES string of the molecule is Cc1cc(C)nc(N2C=C3CN(C(=O)c4ccccc4-n4cncn4)CC3C2)n1. The molecule has 1 aromatic carbocycles. The summed E-state index contributed by atoms with van der Waals surface area (Å²) in [4.78, 5) is 30.4. The second-order valence-corrected chi connectivity index (χ2v) is 7.55. The van der Waals surface area contributed by atoms with Crippen LogP contribution in [0.5, 0.6) is 0 Å². The van der Waals surface area contributed by atoms with E-state index in [-0.39, 0.29) is 5.91 Å². The molecule has 1 fully saturated rings. The van der Waals surface area contributed by atoms with Gasteiger partial charge in [0.1, 0.15) is 12.7 Å². The van der Waals surface area contributed by atoms with Gasteiger partial charge in [0.15, 0.2) is 0 Å². The third kappa shape index (κ3) is 3.16. The lowest BCUT2D eigenvalue weighted by atomic mass is 10.1. The molecule has 1 unspecified atom stereocenters. The Morgan fingerprint density at radius 1 is 1.10 bits per heavy atom. The maximum atomic E-state index is 13.2. The molecule has 0 bridgehead atoms. The van der Waals surface area contributed by atoms with E-state index in [0.29, 0.717) is 24.6 Å². The summed E-state index contributed by atoms with van der Waals surface area (Å²) in [5.41, 5.74) is 4.55. The topological polar surface area (TPSA) is 80.0 Å². The summed E-state index contributed by atoms with van der Waals surface area (Å²) in [5.74, 6) is 1.06. The first-order chi connectivity index (χ1) is 14.1. The zero-order valence-corrected chi connectivity index (χ0v) is 16.4. The van der Waals surface area contributed by atoms with Crippen LogP contribution in [0, 0.1) is 19.8 Å². The molecule has 0 spiro atoms. The van der Waals surface area contributed by atoms with Crippen LogP contribution in [-0.2, 0) is 0 Å². The summed E-state index contributed by atoms with van der Waals surface area (Å²) in [6, 6.07) is 9.48. The van der Waals surface area contributed by atoms with Gasteiger partial charge in [0, 0.05) is 43.1 Å². The Morgan fingerprint density at radius 2 is 1.90 bits per heavy atom. The molecule has 0 N–H and O–H groups in total. The molecule has 0 saturated carbocycles. The van der Waals surface area contributed by atoms with E-state index in [1.807, 2.05) is 49.1 Å². The molecule has 29 heavy (non-hydrogen) atoms. The van der Waals surface area contributed by atoms with Gasteiger partial charge in [0.05, 0.1) is 11.3 Å². The van der Waals surface area contributed by atoms with Gasteiger partial charge in [-0.2, -0.15) is 5.10 Å². The predicted molar refractivity (Wildman–Crippen MR) is 108 cm³/mol. The number of aromatic nitrogens is 5. The Morgan fingerprint density at radius 3 is 2.62 bits per heavy atom. The van der Waals surface area contributed by atoms with E-state index in [2.05, 4.69) is 31.2 Å². The van der Waals surface area contributed by atoms with Crippen LogP contribution >= 0.6 is 0 Å². The summed E-state index contributed by atoms with van der Waals surface area (Å²) in [5, 5.41) is 4.17. The van der Waals surface area contributed by atoms with E-state index in [1.54, 1.807) is 11.0 Å². The highest BCUT2D eigenvalue weighted by molar-refractivity contribution is 5.98. The van der Waals surface area contributed by atoms with E-state index in [9.17, 15) is 4.79 Å². The smallest absolute Gasteiger partial charge is 0.256 e. The number of carbonyl (C=O) groups is 1. The summed E-state index contributed by atoms with van der Waals surface area (Å²) >= 11 is 0.